The monoisotopic (exact) mass is 263 g/mol. The fraction of sp³-hybridized carbons (Fsp3) is 0.643. The number of ether oxygens (including phenoxy) is 1. The number of nitrogens with zero attached hydrogens (tertiary/aromatic N) is 2. The third-order valence-electron chi connectivity index (χ3n) is 4.12. The molecule has 0 aromatic carbocycles. The highest BCUT2D eigenvalue weighted by Crippen LogP contribution is 2.51. The number of allylic oxidation sites excluding steroid dienone is 1. The maximum absolute atomic E-state index is 7.87. The van der Waals surface area contributed by atoms with E-state index in [1.165, 1.54) is 12.4 Å². The lowest BCUT2D eigenvalue weighted by molar-refractivity contribution is -0.482. The minimum atomic E-state index is -0.703. The first-order valence-electron chi connectivity index (χ1n) is 6.57. The van der Waals surface area contributed by atoms with Crippen molar-refractivity contribution < 1.29 is 9.31 Å². The van der Waals surface area contributed by atoms with Crippen molar-refractivity contribution in [2.75, 3.05) is 28.2 Å². The first-order valence-corrected chi connectivity index (χ1v) is 6.57. The molecule has 104 valence electrons. The number of hydrogen-bond donors (Lipinski definition) is 2. The lowest BCUT2D eigenvalue weighted by atomic mass is 9.80. The van der Waals surface area contributed by atoms with Gasteiger partial charge < -0.3 is 15.6 Å². The van der Waals surface area contributed by atoms with E-state index in [4.69, 9.17) is 15.6 Å². The van der Waals surface area contributed by atoms with Crippen LogP contribution in [-0.4, -0.2) is 61.7 Å². The van der Waals surface area contributed by atoms with Gasteiger partial charge in [0.25, 0.3) is 0 Å². The van der Waals surface area contributed by atoms with Crippen LogP contribution < -0.4 is 0 Å². The molecular formula is C14H23N4O+. The summed E-state index contributed by atoms with van der Waals surface area (Å²) in [7, 11) is 7.70. The Morgan fingerprint density at radius 2 is 2.05 bits per heavy atom. The van der Waals surface area contributed by atoms with Crippen molar-refractivity contribution in [2.45, 2.75) is 12.0 Å². The summed E-state index contributed by atoms with van der Waals surface area (Å²) in [4.78, 5) is 1.90. The molecule has 0 aromatic heterocycles. The lowest BCUT2D eigenvalue weighted by Crippen LogP contribution is -2.51. The van der Waals surface area contributed by atoms with Gasteiger partial charge >= 0.3 is 6.02 Å². The first kappa shape index (κ1) is 13.8. The fourth-order valence-electron chi connectivity index (χ4n) is 3.28. The van der Waals surface area contributed by atoms with E-state index in [-0.39, 0.29) is 11.8 Å². The molecule has 2 bridgehead atoms. The van der Waals surface area contributed by atoms with Crippen LogP contribution in [-0.2, 0) is 4.74 Å². The molecule has 1 fully saturated rings. The van der Waals surface area contributed by atoms with Gasteiger partial charge in [0, 0.05) is 24.3 Å². The molecule has 2 aliphatic rings. The van der Waals surface area contributed by atoms with Gasteiger partial charge in [0.1, 0.15) is 0 Å². The summed E-state index contributed by atoms with van der Waals surface area (Å²) in [5.74, 6) is 0.473. The van der Waals surface area contributed by atoms with Crippen LogP contribution in [0.4, 0.5) is 0 Å². The average molecular weight is 263 g/mol. The molecule has 0 spiro atoms. The van der Waals surface area contributed by atoms with Crippen molar-refractivity contribution >= 4 is 18.5 Å². The van der Waals surface area contributed by atoms with E-state index in [0.29, 0.717) is 5.92 Å². The largest absolute Gasteiger partial charge is 0.446 e. The molecule has 0 radical (unpaired) electrons. The molecule has 4 atom stereocenters. The topological polar surface area (TPSA) is 63.2 Å². The quantitative estimate of drug-likeness (QED) is 0.346. The minimum absolute atomic E-state index is 0.0464. The second-order valence-electron chi connectivity index (χ2n) is 5.75. The minimum Gasteiger partial charge on any atom is -0.418 e. The molecule has 1 saturated carbocycles. The second-order valence-corrected chi connectivity index (χ2v) is 5.75. The lowest BCUT2D eigenvalue weighted by Gasteiger charge is -2.36. The molecule has 0 saturated heterocycles. The second kappa shape index (κ2) is 4.79. The predicted octanol–water partition coefficient (Wildman–Crippen LogP) is 1.05. The zero-order valence-electron chi connectivity index (χ0n) is 12.1. The summed E-state index contributed by atoms with van der Waals surface area (Å²) in [6.07, 6.45) is 8.12. The summed E-state index contributed by atoms with van der Waals surface area (Å²) >= 11 is 0. The Labute approximate surface area is 114 Å². The van der Waals surface area contributed by atoms with Crippen molar-refractivity contribution in [2.24, 2.45) is 17.8 Å². The number of hydrogen-bond acceptors (Lipinski definition) is 3. The van der Waals surface area contributed by atoms with E-state index in [0.717, 1.165) is 12.4 Å². The standard InChI is InChI=1S/C14H23N4O/c1-17(2)13(18(3)4)19-14(9-16)11-6-5-10(7-11)12(14)8-15/h5-6,8-12,15-16H,7H2,1-4H3/q+1. The Bertz CT molecular complexity index is 450. The van der Waals surface area contributed by atoms with Crippen LogP contribution in [0.5, 0.6) is 0 Å². The smallest absolute Gasteiger partial charge is 0.418 e. The summed E-state index contributed by atoms with van der Waals surface area (Å²) in [6, 6.07) is 0.719. The molecule has 19 heavy (non-hydrogen) atoms. The summed E-state index contributed by atoms with van der Waals surface area (Å²) < 4.78 is 8.14. The summed E-state index contributed by atoms with van der Waals surface area (Å²) in [5.41, 5.74) is -0.703. The third kappa shape index (κ3) is 1.97. The molecule has 2 N–H and O–H groups in total. The SMILES string of the molecule is CN(C)C(OC1(C=N)C2C=CC(C2)C1C=N)=[N+](C)C. The van der Waals surface area contributed by atoms with Gasteiger partial charge in [0.15, 0.2) is 5.60 Å². The Balaban J connectivity index is 2.39. The molecule has 0 aromatic rings. The summed E-state index contributed by atoms with van der Waals surface area (Å²) in [5, 5.41) is 15.6. The van der Waals surface area contributed by atoms with Crippen LogP contribution >= 0.6 is 0 Å². The molecule has 5 heteroatoms. The van der Waals surface area contributed by atoms with Crippen molar-refractivity contribution in [1.82, 2.24) is 4.90 Å². The van der Waals surface area contributed by atoms with Gasteiger partial charge in [-0.05, 0) is 12.3 Å². The highest BCUT2D eigenvalue weighted by atomic mass is 16.5. The Hall–Kier alpha value is -1.65. The van der Waals surface area contributed by atoms with Crippen LogP contribution in [0.1, 0.15) is 6.42 Å². The molecule has 2 aliphatic carbocycles. The zero-order valence-corrected chi connectivity index (χ0v) is 12.1. The molecule has 5 nitrogen and oxygen atoms in total. The zero-order chi connectivity index (χ0) is 14.2. The molecular weight excluding hydrogens is 240 g/mol. The van der Waals surface area contributed by atoms with E-state index >= 15 is 0 Å². The van der Waals surface area contributed by atoms with Crippen LogP contribution in [0.2, 0.25) is 0 Å². The van der Waals surface area contributed by atoms with E-state index in [1.54, 1.807) is 0 Å². The van der Waals surface area contributed by atoms with Gasteiger partial charge in [-0.1, -0.05) is 12.2 Å². The van der Waals surface area contributed by atoms with Crippen LogP contribution in [0.15, 0.2) is 12.2 Å². The molecule has 0 aliphatic heterocycles. The van der Waals surface area contributed by atoms with Crippen molar-refractivity contribution in [1.29, 1.82) is 10.8 Å². The maximum atomic E-state index is 7.87. The first-order chi connectivity index (χ1) is 8.96. The molecule has 4 unspecified atom stereocenters. The van der Waals surface area contributed by atoms with Gasteiger partial charge in [-0.2, -0.15) is 0 Å². The summed E-state index contributed by atoms with van der Waals surface area (Å²) in [6.45, 7) is 0. The third-order valence-corrected chi connectivity index (χ3v) is 4.12. The maximum Gasteiger partial charge on any atom is 0.446 e. The number of rotatable bonds is 3. The van der Waals surface area contributed by atoms with Gasteiger partial charge in [-0.15, -0.1) is 0 Å². The van der Waals surface area contributed by atoms with Crippen LogP contribution in [0.3, 0.4) is 0 Å². The van der Waals surface area contributed by atoms with Crippen LogP contribution in [0, 0.1) is 28.6 Å². The normalized spacial score (nSPS) is 35.1. The van der Waals surface area contributed by atoms with Crippen molar-refractivity contribution in [3.05, 3.63) is 12.2 Å². The van der Waals surface area contributed by atoms with E-state index in [2.05, 4.69) is 12.2 Å². The molecule has 0 amide bonds. The van der Waals surface area contributed by atoms with Gasteiger partial charge in [0.2, 0.25) is 0 Å². The molecule has 2 rings (SSSR count). The number of nitrogens with one attached hydrogen (secondary N) is 2. The fourth-order valence-corrected chi connectivity index (χ4v) is 3.28. The van der Waals surface area contributed by atoms with Crippen molar-refractivity contribution in [3.8, 4) is 0 Å². The molecule has 0 heterocycles. The van der Waals surface area contributed by atoms with E-state index in [9.17, 15) is 0 Å². The van der Waals surface area contributed by atoms with E-state index < -0.39 is 5.60 Å². The van der Waals surface area contributed by atoms with Gasteiger partial charge in [0.05, 0.1) is 28.2 Å². The van der Waals surface area contributed by atoms with Gasteiger partial charge in [-0.25, -0.2) is 9.48 Å². The van der Waals surface area contributed by atoms with E-state index in [1.807, 2.05) is 37.7 Å². The number of amidine groups is 1. The Morgan fingerprint density at radius 3 is 2.53 bits per heavy atom. The number of fused-ring (bicyclic) bond motifs is 2. The van der Waals surface area contributed by atoms with Crippen molar-refractivity contribution in [3.63, 3.8) is 0 Å². The average Bonchev–Trinajstić information content (AvgIpc) is 2.93. The highest BCUT2D eigenvalue weighted by Gasteiger charge is 2.58. The Kier molecular flexibility index (Phi) is 3.47. The Morgan fingerprint density at radius 1 is 1.37 bits per heavy atom. The predicted molar refractivity (Wildman–Crippen MR) is 76.4 cm³/mol. The highest BCUT2D eigenvalue weighted by molar-refractivity contribution is 5.82. The van der Waals surface area contributed by atoms with Crippen LogP contribution in [0.25, 0.3) is 0 Å². The van der Waals surface area contributed by atoms with Gasteiger partial charge in [-0.3, -0.25) is 0 Å².